The number of carbonyl (C=O) groups excluding carboxylic acids is 1. The van der Waals surface area contributed by atoms with E-state index in [1.165, 1.54) is 44.9 Å². The van der Waals surface area contributed by atoms with Gasteiger partial charge in [-0.25, -0.2) is 4.79 Å². The summed E-state index contributed by atoms with van der Waals surface area (Å²) >= 11 is 0. The molecule has 0 aliphatic carbocycles. The van der Waals surface area contributed by atoms with E-state index in [4.69, 9.17) is 4.74 Å². The Morgan fingerprint density at radius 2 is 1.72 bits per heavy atom. The number of esters is 1. The highest BCUT2D eigenvalue weighted by atomic mass is 16.5. The molecule has 106 valence electrons. The molecular formula is C16H30O2. The van der Waals surface area contributed by atoms with Crippen molar-refractivity contribution in [2.24, 2.45) is 5.92 Å². The summed E-state index contributed by atoms with van der Waals surface area (Å²) in [7, 11) is 0. The Morgan fingerprint density at radius 3 is 2.33 bits per heavy atom. The first kappa shape index (κ1) is 17.2. The van der Waals surface area contributed by atoms with E-state index in [0.717, 1.165) is 5.57 Å². The predicted molar refractivity (Wildman–Crippen MR) is 77.5 cm³/mol. The SMILES string of the molecule is CCCCCCCCC(C)/C=C(\C)C(=O)OCC. The van der Waals surface area contributed by atoms with Crippen LogP contribution in [0.5, 0.6) is 0 Å². The van der Waals surface area contributed by atoms with E-state index < -0.39 is 0 Å². The van der Waals surface area contributed by atoms with E-state index in [9.17, 15) is 4.79 Å². The summed E-state index contributed by atoms with van der Waals surface area (Å²) in [5.74, 6) is 0.299. The molecule has 1 unspecified atom stereocenters. The van der Waals surface area contributed by atoms with Crippen LogP contribution in [0.3, 0.4) is 0 Å². The summed E-state index contributed by atoms with van der Waals surface area (Å²) in [4.78, 5) is 11.4. The average Bonchev–Trinajstić information content (AvgIpc) is 2.33. The molecule has 0 heterocycles. The van der Waals surface area contributed by atoms with Crippen LogP contribution < -0.4 is 0 Å². The van der Waals surface area contributed by atoms with Crippen molar-refractivity contribution >= 4 is 5.97 Å². The molecule has 0 aliphatic heterocycles. The van der Waals surface area contributed by atoms with Gasteiger partial charge in [0.05, 0.1) is 6.61 Å². The third-order valence-corrected chi connectivity index (χ3v) is 3.14. The zero-order valence-electron chi connectivity index (χ0n) is 12.6. The van der Waals surface area contributed by atoms with Gasteiger partial charge < -0.3 is 4.74 Å². The number of ether oxygens (including phenoxy) is 1. The van der Waals surface area contributed by atoms with Gasteiger partial charge in [-0.05, 0) is 26.2 Å². The monoisotopic (exact) mass is 254 g/mol. The van der Waals surface area contributed by atoms with Gasteiger partial charge in [-0.1, -0.05) is 58.4 Å². The quantitative estimate of drug-likeness (QED) is 0.315. The second-order valence-electron chi connectivity index (χ2n) is 5.10. The fourth-order valence-corrected chi connectivity index (χ4v) is 2.07. The zero-order valence-corrected chi connectivity index (χ0v) is 12.6. The van der Waals surface area contributed by atoms with Crippen molar-refractivity contribution in [3.05, 3.63) is 11.6 Å². The second-order valence-corrected chi connectivity index (χ2v) is 5.10. The summed E-state index contributed by atoms with van der Waals surface area (Å²) in [6, 6.07) is 0. The molecule has 0 N–H and O–H groups in total. The molecule has 0 bridgehead atoms. The van der Waals surface area contributed by atoms with Crippen LogP contribution in [0.25, 0.3) is 0 Å². The fraction of sp³-hybridized carbons (Fsp3) is 0.812. The predicted octanol–water partition coefficient (Wildman–Crippen LogP) is 4.88. The van der Waals surface area contributed by atoms with Gasteiger partial charge in [0, 0.05) is 5.57 Å². The molecule has 0 amide bonds. The number of carbonyl (C=O) groups is 1. The molecular weight excluding hydrogens is 224 g/mol. The highest BCUT2D eigenvalue weighted by Gasteiger charge is 2.06. The normalized spacial score (nSPS) is 13.4. The molecule has 1 atom stereocenters. The maximum Gasteiger partial charge on any atom is 0.333 e. The second kappa shape index (κ2) is 11.3. The molecule has 0 aromatic rings. The molecule has 0 fully saturated rings. The Morgan fingerprint density at radius 1 is 1.11 bits per heavy atom. The average molecular weight is 254 g/mol. The summed E-state index contributed by atoms with van der Waals surface area (Å²) < 4.78 is 4.97. The van der Waals surface area contributed by atoms with Crippen molar-refractivity contribution in [2.45, 2.75) is 72.6 Å². The van der Waals surface area contributed by atoms with Crippen molar-refractivity contribution in [1.82, 2.24) is 0 Å². The maximum atomic E-state index is 11.4. The Labute approximate surface area is 113 Å². The van der Waals surface area contributed by atoms with Crippen LogP contribution in [0.15, 0.2) is 11.6 Å². The molecule has 0 saturated carbocycles. The Hall–Kier alpha value is -0.790. The lowest BCUT2D eigenvalue weighted by Gasteiger charge is -2.08. The molecule has 2 heteroatoms. The minimum atomic E-state index is -0.174. The van der Waals surface area contributed by atoms with Crippen LogP contribution >= 0.6 is 0 Å². The Kier molecular flexibility index (Phi) is 10.8. The Bertz CT molecular complexity index is 243. The van der Waals surface area contributed by atoms with Crippen LogP contribution in [-0.2, 0) is 9.53 Å². The number of allylic oxidation sites excluding steroid dienone is 1. The first-order valence-corrected chi connectivity index (χ1v) is 7.47. The third-order valence-electron chi connectivity index (χ3n) is 3.14. The largest absolute Gasteiger partial charge is 0.463 e. The maximum absolute atomic E-state index is 11.4. The van der Waals surface area contributed by atoms with Crippen molar-refractivity contribution in [3.63, 3.8) is 0 Å². The molecule has 0 rings (SSSR count). The molecule has 0 saturated heterocycles. The van der Waals surface area contributed by atoms with Crippen LogP contribution in [-0.4, -0.2) is 12.6 Å². The lowest BCUT2D eigenvalue weighted by Crippen LogP contribution is -2.06. The van der Waals surface area contributed by atoms with Crippen LogP contribution in [0, 0.1) is 5.92 Å². The van der Waals surface area contributed by atoms with Gasteiger partial charge in [0.25, 0.3) is 0 Å². The summed E-state index contributed by atoms with van der Waals surface area (Å²) in [5, 5.41) is 0. The molecule has 2 nitrogen and oxygen atoms in total. The van der Waals surface area contributed by atoms with E-state index in [0.29, 0.717) is 12.5 Å². The molecule has 0 aliphatic rings. The topological polar surface area (TPSA) is 26.3 Å². The van der Waals surface area contributed by atoms with Crippen LogP contribution in [0.2, 0.25) is 0 Å². The molecule has 0 aromatic carbocycles. The van der Waals surface area contributed by atoms with E-state index in [2.05, 4.69) is 13.8 Å². The van der Waals surface area contributed by atoms with Gasteiger partial charge in [-0.15, -0.1) is 0 Å². The van der Waals surface area contributed by atoms with Gasteiger partial charge in [0.15, 0.2) is 0 Å². The van der Waals surface area contributed by atoms with E-state index in [1.54, 1.807) is 0 Å². The molecule has 0 aromatic heterocycles. The molecule has 18 heavy (non-hydrogen) atoms. The molecule has 0 spiro atoms. The number of unbranched alkanes of at least 4 members (excludes halogenated alkanes) is 5. The standard InChI is InChI=1S/C16H30O2/c1-5-7-8-9-10-11-12-14(3)13-15(4)16(17)18-6-2/h13-14H,5-12H2,1-4H3/b15-13+. The van der Waals surface area contributed by atoms with Crippen molar-refractivity contribution in [3.8, 4) is 0 Å². The van der Waals surface area contributed by atoms with Crippen LogP contribution in [0.4, 0.5) is 0 Å². The smallest absolute Gasteiger partial charge is 0.333 e. The highest BCUT2D eigenvalue weighted by molar-refractivity contribution is 5.87. The first-order valence-electron chi connectivity index (χ1n) is 7.47. The van der Waals surface area contributed by atoms with Gasteiger partial charge in [0.1, 0.15) is 0 Å². The van der Waals surface area contributed by atoms with E-state index in [1.807, 2.05) is 19.9 Å². The minimum Gasteiger partial charge on any atom is -0.463 e. The van der Waals surface area contributed by atoms with Crippen LogP contribution in [0.1, 0.15) is 72.6 Å². The number of hydrogen-bond donors (Lipinski definition) is 0. The van der Waals surface area contributed by atoms with E-state index >= 15 is 0 Å². The van der Waals surface area contributed by atoms with Gasteiger partial charge in [-0.3, -0.25) is 0 Å². The van der Waals surface area contributed by atoms with Crippen molar-refractivity contribution < 1.29 is 9.53 Å². The van der Waals surface area contributed by atoms with Gasteiger partial charge >= 0.3 is 5.97 Å². The van der Waals surface area contributed by atoms with Crippen molar-refractivity contribution in [1.29, 1.82) is 0 Å². The number of rotatable bonds is 10. The lowest BCUT2D eigenvalue weighted by atomic mass is 10.00. The van der Waals surface area contributed by atoms with Crippen molar-refractivity contribution in [2.75, 3.05) is 6.61 Å². The van der Waals surface area contributed by atoms with Gasteiger partial charge in [0.2, 0.25) is 0 Å². The fourth-order valence-electron chi connectivity index (χ4n) is 2.07. The summed E-state index contributed by atoms with van der Waals surface area (Å²) in [5.41, 5.74) is 0.746. The first-order chi connectivity index (χ1) is 8.61. The highest BCUT2D eigenvalue weighted by Crippen LogP contribution is 2.15. The summed E-state index contributed by atoms with van der Waals surface area (Å²) in [6.45, 7) is 8.55. The summed E-state index contributed by atoms with van der Waals surface area (Å²) in [6.07, 6.45) is 11.2. The zero-order chi connectivity index (χ0) is 13.8. The number of hydrogen-bond acceptors (Lipinski definition) is 2. The minimum absolute atomic E-state index is 0.174. The van der Waals surface area contributed by atoms with Gasteiger partial charge in [-0.2, -0.15) is 0 Å². The Balaban J connectivity index is 3.72. The molecule has 0 radical (unpaired) electrons. The lowest BCUT2D eigenvalue weighted by molar-refractivity contribution is -0.138. The van der Waals surface area contributed by atoms with E-state index in [-0.39, 0.29) is 5.97 Å². The third kappa shape index (κ3) is 9.26.